The highest BCUT2D eigenvalue weighted by Gasteiger charge is 2.25. The van der Waals surface area contributed by atoms with Crippen molar-refractivity contribution < 1.29 is 19.1 Å². The zero-order chi connectivity index (χ0) is 21.0. The van der Waals surface area contributed by atoms with Gasteiger partial charge in [0.2, 0.25) is 0 Å². The third-order valence-corrected chi connectivity index (χ3v) is 5.27. The molecule has 1 aliphatic rings. The molecule has 0 spiro atoms. The van der Waals surface area contributed by atoms with E-state index in [1.165, 1.54) is 19.2 Å². The van der Waals surface area contributed by atoms with Crippen molar-refractivity contribution in [2.45, 2.75) is 0 Å². The second kappa shape index (κ2) is 9.21. The number of rotatable bonds is 5. The highest BCUT2D eigenvalue weighted by molar-refractivity contribution is 8.18. The number of nitrogens with one attached hydrogen (secondary N) is 2. The summed E-state index contributed by atoms with van der Waals surface area (Å²) in [6.45, 7) is 0. The molecule has 10 heteroatoms. The van der Waals surface area contributed by atoms with Gasteiger partial charge >= 0.3 is 0 Å². The lowest BCUT2D eigenvalue weighted by atomic mass is 10.1. The first kappa shape index (κ1) is 21.0. The fourth-order valence-corrected chi connectivity index (χ4v) is 3.68. The SMILES string of the molecule is COc1ccc(OC)c(/C=C2\S/C(=N/NC(=O)c3ccc(Cl)cc3Cl)NC2=O)c1. The number of ether oxygens (including phenoxy) is 2. The Morgan fingerprint density at radius 3 is 2.66 bits per heavy atom. The quantitative estimate of drug-likeness (QED) is 0.531. The van der Waals surface area contributed by atoms with Crippen LogP contribution in [-0.2, 0) is 4.79 Å². The third-order valence-electron chi connectivity index (χ3n) is 3.81. The van der Waals surface area contributed by atoms with Gasteiger partial charge in [0.05, 0.1) is 29.7 Å². The Balaban J connectivity index is 1.76. The maximum atomic E-state index is 12.2. The Labute approximate surface area is 181 Å². The van der Waals surface area contributed by atoms with E-state index < -0.39 is 5.91 Å². The molecular formula is C19H15Cl2N3O4S. The van der Waals surface area contributed by atoms with E-state index in [9.17, 15) is 9.59 Å². The smallest absolute Gasteiger partial charge is 0.272 e. The molecule has 1 saturated heterocycles. The van der Waals surface area contributed by atoms with E-state index in [4.69, 9.17) is 32.7 Å². The van der Waals surface area contributed by atoms with E-state index in [-0.39, 0.29) is 21.7 Å². The normalized spacial score (nSPS) is 16.1. The number of amides is 2. The summed E-state index contributed by atoms with van der Waals surface area (Å²) in [5, 5.41) is 7.36. The number of carbonyl (C=O) groups excluding carboxylic acids is 2. The molecule has 2 aromatic carbocycles. The number of benzene rings is 2. The second-order valence-electron chi connectivity index (χ2n) is 5.65. The topological polar surface area (TPSA) is 89.0 Å². The first-order valence-electron chi connectivity index (χ1n) is 8.17. The van der Waals surface area contributed by atoms with Gasteiger partial charge in [-0.25, -0.2) is 5.43 Å². The Kier molecular flexibility index (Phi) is 6.68. The van der Waals surface area contributed by atoms with Crippen LogP contribution in [0.4, 0.5) is 0 Å². The van der Waals surface area contributed by atoms with Crippen LogP contribution in [-0.4, -0.2) is 31.2 Å². The number of halogens is 2. The van der Waals surface area contributed by atoms with Crippen LogP contribution in [0, 0.1) is 0 Å². The van der Waals surface area contributed by atoms with Crippen molar-refractivity contribution in [3.63, 3.8) is 0 Å². The zero-order valence-electron chi connectivity index (χ0n) is 15.3. The third kappa shape index (κ3) is 5.03. The van der Waals surface area contributed by atoms with Gasteiger partial charge in [0, 0.05) is 10.6 Å². The van der Waals surface area contributed by atoms with Crippen molar-refractivity contribution in [3.05, 3.63) is 62.5 Å². The summed E-state index contributed by atoms with van der Waals surface area (Å²) < 4.78 is 10.5. The Morgan fingerprint density at radius 1 is 1.17 bits per heavy atom. The molecule has 0 radical (unpaired) electrons. The molecule has 2 amide bonds. The van der Waals surface area contributed by atoms with Crippen molar-refractivity contribution in [1.82, 2.24) is 10.7 Å². The molecule has 1 fully saturated rings. The van der Waals surface area contributed by atoms with Crippen molar-refractivity contribution in [3.8, 4) is 11.5 Å². The molecule has 1 aliphatic heterocycles. The van der Waals surface area contributed by atoms with Crippen LogP contribution < -0.4 is 20.2 Å². The number of hydrogen-bond acceptors (Lipinski definition) is 6. The lowest BCUT2D eigenvalue weighted by Gasteiger charge is -2.07. The van der Waals surface area contributed by atoms with E-state index in [1.54, 1.807) is 37.5 Å². The Hall–Kier alpha value is -2.68. The van der Waals surface area contributed by atoms with E-state index in [0.29, 0.717) is 27.0 Å². The Morgan fingerprint density at radius 2 is 1.97 bits per heavy atom. The molecule has 2 aromatic rings. The van der Waals surface area contributed by atoms with Crippen LogP contribution in [0.3, 0.4) is 0 Å². The van der Waals surface area contributed by atoms with Gasteiger partial charge in [-0.2, -0.15) is 0 Å². The van der Waals surface area contributed by atoms with Gasteiger partial charge in [0.1, 0.15) is 11.5 Å². The number of hydrogen-bond donors (Lipinski definition) is 2. The van der Waals surface area contributed by atoms with Crippen LogP contribution in [0.25, 0.3) is 6.08 Å². The van der Waals surface area contributed by atoms with Gasteiger partial charge in [-0.3, -0.25) is 14.9 Å². The van der Waals surface area contributed by atoms with Crippen molar-refractivity contribution >= 4 is 58.0 Å². The highest BCUT2D eigenvalue weighted by atomic mass is 35.5. The highest BCUT2D eigenvalue weighted by Crippen LogP contribution is 2.31. The molecule has 1 heterocycles. The van der Waals surface area contributed by atoms with E-state index >= 15 is 0 Å². The van der Waals surface area contributed by atoms with Crippen LogP contribution in [0.5, 0.6) is 11.5 Å². The largest absolute Gasteiger partial charge is 0.497 e. The van der Waals surface area contributed by atoms with Gasteiger partial charge in [0.15, 0.2) is 5.17 Å². The van der Waals surface area contributed by atoms with E-state index in [0.717, 1.165) is 11.8 Å². The van der Waals surface area contributed by atoms with Crippen molar-refractivity contribution in [1.29, 1.82) is 0 Å². The second-order valence-corrected chi connectivity index (χ2v) is 7.53. The molecule has 3 rings (SSSR count). The summed E-state index contributed by atoms with van der Waals surface area (Å²) in [5.74, 6) is 0.336. The minimum Gasteiger partial charge on any atom is -0.497 e. The summed E-state index contributed by atoms with van der Waals surface area (Å²) in [6.07, 6.45) is 1.65. The average Bonchev–Trinajstić information content (AvgIpc) is 3.05. The van der Waals surface area contributed by atoms with Crippen LogP contribution in [0.15, 0.2) is 46.4 Å². The molecule has 2 N–H and O–H groups in total. The Bertz CT molecular complexity index is 1040. The molecule has 0 bridgehead atoms. The fraction of sp³-hybridized carbons (Fsp3) is 0.105. The maximum absolute atomic E-state index is 12.2. The van der Waals surface area contributed by atoms with Crippen molar-refractivity contribution in [2.75, 3.05) is 14.2 Å². The standard InChI is InChI=1S/C19H15Cl2N3O4S/c1-27-12-4-6-15(28-2)10(7-12)8-16-18(26)22-19(29-16)24-23-17(25)13-5-3-11(20)9-14(13)21/h3-9H,1-2H3,(H,23,25)(H,22,24,26)/b16-8-. The minimum atomic E-state index is -0.527. The summed E-state index contributed by atoms with van der Waals surface area (Å²) in [6, 6.07) is 9.74. The van der Waals surface area contributed by atoms with Gasteiger partial charge < -0.3 is 9.47 Å². The maximum Gasteiger partial charge on any atom is 0.272 e. The molecule has 29 heavy (non-hydrogen) atoms. The van der Waals surface area contributed by atoms with Crippen LogP contribution >= 0.6 is 35.0 Å². The first-order valence-corrected chi connectivity index (χ1v) is 9.74. The fourth-order valence-electron chi connectivity index (χ4n) is 2.41. The molecule has 150 valence electrons. The summed E-state index contributed by atoms with van der Waals surface area (Å²) >= 11 is 12.9. The molecule has 0 atom stereocenters. The average molecular weight is 452 g/mol. The summed E-state index contributed by atoms with van der Waals surface area (Å²) in [5.41, 5.74) is 3.24. The van der Waals surface area contributed by atoms with Crippen LogP contribution in [0.1, 0.15) is 15.9 Å². The van der Waals surface area contributed by atoms with E-state index in [1.807, 2.05) is 0 Å². The number of methoxy groups -OCH3 is 2. The molecule has 0 aromatic heterocycles. The zero-order valence-corrected chi connectivity index (χ0v) is 17.6. The molecule has 7 nitrogen and oxygen atoms in total. The number of hydrazone groups is 1. The first-order chi connectivity index (χ1) is 13.9. The number of nitrogens with zero attached hydrogens (tertiary/aromatic N) is 1. The van der Waals surface area contributed by atoms with Gasteiger partial charge in [-0.1, -0.05) is 23.2 Å². The summed E-state index contributed by atoms with van der Waals surface area (Å²) in [4.78, 5) is 24.9. The predicted molar refractivity (Wildman–Crippen MR) is 115 cm³/mol. The lowest BCUT2D eigenvalue weighted by Crippen LogP contribution is -2.25. The number of carbonyl (C=O) groups is 2. The van der Waals surface area contributed by atoms with Gasteiger partial charge in [-0.05, 0) is 54.2 Å². The number of thioether (sulfide) groups is 1. The molecule has 0 saturated carbocycles. The van der Waals surface area contributed by atoms with Gasteiger partial charge in [-0.15, -0.1) is 5.10 Å². The summed E-state index contributed by atoms with van der Waals surface area (Å²) in [7, 11) is 3.09. The predicted octanol–water partition coefficient (Wildman–Crippen LogP) is 3.92. The lowest BCUT2D eigenvalue weighted by molar-refractivity contribution is -0.115. The molecular weight excluding hydrogens is 437 g/mol. The monoisotopic (exact) mass is 451 g/mol. The van der Waals surface area contributed by atoms with E-state index in [2.05, 4.69) is 15.8 Å². The van der Waals surface area contributed by atoms with Crippen molar-refractivity contribution in [2.24, 2.45) is 5.10 Å². The minimum absolute atomic E-state index is 0.198. The van der Waals surface area contributed by atoms with Crippen LogP contribution in [0.2, 0.25) is 10.0 Å². The molecule has 0 unspecified atom stereocenters. The number of amidine groups is 1. The van der Waals surface area contributed by atoms with Gasteiger partial charge in [0.25, 0.3) is 11.8 Å². The molecule has 0 aliphatic carbocycles.